The Morgan fingerprint density at radius 1 is 1.09 bits per heavy atom. The van der Waals surface area contributed by atoms with Crippen molar-refractivity contribution in [2.24, 2.45) is 0 Å². The molecule has 3 nitrogen and oxygen atoms in total. The molecule has 2 aromatic carbocycles. The number of anilines is 1. The molecule has 0 aliphatic carbocycles. The number of furan rings is 1. The molecule has 3 aromatic rings. The zero-order chi connectivity index (χ0) is 16.4. The van der Waals surface area contributed by atoms with Gasteiger partial charge in [-0.3, -0.25) is 4.79 Å². The van der Waals surface area contributed by atoms with E-state index in [4.69, 9.17) is 16.0 Å². The molecule has 0 saturated carbocycles. The Bertz CT molecular complexity index is 856. The summed E-state index contributed by atoms with van der Waals surface area (Å²) in [4.78, 5) is 12.3. The Hall–Kier alpha value is -1.79. The first-order chi connectivity index (χ1) is 11.0. The average molecular weight is 438 g/mol. The molecule has 1 N–H and O–H groups in total. The number of aryl methyl sites for hydroxylation is 1. The quantitative estimate of drug-likeness (QED) is 0.529. The van der Waals surface area contributed by atoms with E-state index in [0.717, 1.165) is 20.4 Å². The van der Waals surface area contributed by atoms with Gasteiger partial charge >= 0.3 is 0 Å². The second-order valence-electron chi connectivity index (χ2n) is 5.08. The fourth-order valence-corrected chi connectivity index (χ4v) is 2.95. The topological polar surface area (TPSA) is 42.2 Å². The number of hydrogen-bond donors (Lipinski definition) is 1. The van der Waals surface area contributed by atoms with E-state index < -0.39 is 0 Å². The molecule has 0 aliphatic heterocycles. The smallest absolute Gasteiger partial charge is 0.291 e. The molecular weight excluding hydrogens is 425 g/mol. The number of carbonyl (C=O) groups excluding carboxylic acids is 1. The van der Waals surface area contributed by atoms with Crippen LogP contribution >= 0.6 is 34.2 Å². The Balaban J connectivity index is 1.79. The van der Waals surface area contributed by atoms with Gasteiger partial charge in [0.2, 0.25) is 0 Å². The van der Waals surface area contributed by atoms with Gasteiger partial charge in [-0.25, -0.2) is 0 Å². The lowest BCUT2D eigenvalue weighted by Gasteiger charge is -2.07. The minimum atomic E-state index is -0.269. The molecule has 5 heteroatoms. The summed E-state index contributed by atoms with van der Waals surface area (Å²) in [5.41, 5.74) is 2.66. The maximum Gasteiger partial charge on any atom is 0.291 e. The van der Waals surface area contributed by atoms with Gasteiger partial charge in [0, 0.05) is 19.8 Å². The first-order valence-corrected chi connectivity index (χ1v) is 8.42. The Labute approximate surface area is 152 Å². The number of rotatable bonds is 3. The number of amides is 1. The van der Waals surface area contributed by atoms with Crippen LogP contribution in [0.15, 0.2) is 59.0 Å². The fraction of sp³-hybridized carbons (Fsp3) is 0.0556. The second kappa shape index (κ2) is 6.76. The average Bonchev–Trinajstić information content (AvgIpc) is 3.01. The summed E-state index contributed by atoms with van der Waals surface area (Å²) in [6.07, 6.45) is 0. The number of carbonyl (C=O) groups is 1. The first-order valence-electron chi connectivity index (χ1n) is 6.96. The lowest BCUT2D eigenvalue weighted by molar-refractivity contribution is 0.0997. The van der Waals surface area contributed by atoms with Gasteiger partial charge in [0.25, 0.3) is 5.91 Å². The van der Waals surface area contributed by atoms with Crippen molar-refractivity contribution in [2.75, 3.05) is 5.32 Å². The lowest BCUT2D eigenvalue weighted by atomic mass is 10.2. The van der Waals surface area contributed by atoms with Gasteiger partial charge in [-0.2, -0.15) is 0 Å². The van der Waals surface area contributed by atoms with Crippen molar-refractivity contribution in [3.8, 4) is 11.3 Å². The maximum absolute atomic E-state index is 12.3. The van der Waals surface area contributed by atoms with Crippen LogP contribution in [0, 0.1) is 10.5 Å². The minimum Gasteiger partial charge on any atom is -0.451 e. The molecule has 0 atom stereocenters. The number of nitrogens with one attached hydrogen (secondary N) is 1. The van der Waals surface area contributed by atoms with Crippen LogP contribution in [-0.2, 0) is 0 Å². The summed E-state index contributed by atoms with van der Waals surface area (Å²) < 4.78 is 6.78. The molecule has 0 bridgehead atoms. The highest BCUT2D eigenvalue weighted by Gasteiger charge is 2.13. The van der Waals surface area contributed by atoms with Gasteiger partial charge in [0.15, 0.2) is 5.76 Å². The molecule has 0 unspecified atom stereocenters. The van der Waals surface area contributed by atoms with Crippen molar-refractivity contribution in [3.05, 3.63) is 74.5 Å². The third-order valence-electron chi connectivity index (χ3n) is 3.40. The molecule has 1 aromatic heterocycles. The Kier molecular flexibility index (Phi) is 4.73. The summed E-state index contributed by atoms with van der Waals surface area (Å²) in [6, 6.07) is 16.6. The van der Waals surface area contributed by atoms with Crippen LogP contribution < -0.4 is 5.32 Å². The number of halogens is 2. The number of hydrogen-bond acceptors (Lipinski definition) is 2. The van der Waals surface area contributed by atoms with E-state index in [9.17, 15) is 4.79 Å². The molecule has 1 heterocycles. The van der Waals surface area contributed by atoms with Crippen LogP contribution in [0.2, 0.25) is 5.02 Å². The van der Waals surface area contributed by atoms with Gasteiger partial charge in [-0.1, -0.05) is 11.6 Å². The zero-order valence-corrected chi connectivity index (χ0v) is 15.2. The van der Waals surface area contributed by atoms with Crippen LogP contribution in [0.25, 0.3) is 11.3 Å². The van der Waals surface area contributed by atoms with Gasteiger partial charge in [-0.15, -0.1) is 0 Å². The summed E-state index contributed by atoms with van der Waals surface area (Å²) in [5, 5.41) is 3.53. The van der Waals surface area contributed by atoms with E-state index in [2.05, 4.69) is 27.9 Å². The third kappa shape index (κ3) is 3.76. The molecule has 1 amide bonds. The lowest BCUT2D eigenvalue weighted by Crippen LogP contribution is -2.11. The Morgan fingerprint density at radius 2 is 1.83 bits per heavy atom. The fourth-order valence-electron chi connectivity index (χ4n) is 2.18. The first kappa shape index (κ1) is 16.1. The van der Waals surface area contributed by atoms with Crippen molar-refractivity contribution in [1.82, 2.24) is 0 Å². The van der Waals surface area contributed by atoms with E-state index in [-0.39, 0.29) is 11.7 Å². The summed E-state index contributed by atoms with van der Waals surface area (Å²) in [5.74, 6) is 0.633. The summed E-state index contributed by atoms with van der Waals surface area (Å²) in [7, 11) is 0. The second-order valence-corrected chi connectivity index (χ2v) is 6.77. The van der Waals surface area contributed by atoms with E-state index in [0.29, 0.717) is 10.8 Å². The molecule has 116 valence electrons. The number of benzene rings is 2. The predicted octanol–water partition coefficient (Wildman–Crippen LogP) is 5.77. The zero-order valence-electron chi connectivity index (χ0n) is 12.3. The van der Waals surface area contributed by atoms with Crippen LogP contribution in [0.4, 0.5) is 5.69 Å². The molecule has 0 fully saturated rings. The molecule has 0 radical (unpaired) electrons. The van der Waals surface area contributed by atoms with Crippen molar-refractivity contribution in [1.29, 1.82) is 0 Å². The summed E-state index contributed by atoms with van der Waals surface area (Å²) >= 11 is 8.11. The van der Waals surface area contributed by atoms with E-state index >= 15 is 0 Å². The van der Waals surface area contributed by atoms with E-state index in [1.165, 1.54) is 0 Å². The van der Waals surface area contributed by atoms with Crippen molar-refractivity contribution >= 4 is 45.8 Å². The minimum absolute atomic E-state index is 0.269. The molecular formula is C18H13ClINO2. The highest BCUT2D eigenvalue weighted by Crippen LogP contribution is 2.25. The van der Waals surface area contributed by atoms with Crippen molar-refractivity contribution in [2.45, 2.75) is 6.92 Å². The van der Waals surface area contributed by atoms with E-state index in [1.54, 1.807) is 24.3 Å². The molecule has 0 saturated heterocycles. The van der Waals surface area contributed by atoms with Crippen molar-refractivity contribution < 1.29 is 9.21 Å². The standard InChI is InChI=1S/C18H13ClINO2/c1-11-10-14(20)6-7-15(11)21-18(22)17-9-8-16(23-17)12-2-4-13(19)5-3-12/h2-10H,1H3,(H,21,22). The Morgan fingerprint density at radius 3 is 2.52 bits per heavy atom. The van der Waals surface area contributed by atoms with Crippen LogP contribution in [0.5, 0.6) is 0 Å². The highest BCUT2D eigenvalue weighted by molar-refractivity contribution is 14.1. The van der Waals surface area contributed by atoms with Gasteiger partial charge < -0.3 is 9.73 Å². The SMILES string of the molecule is Cc1cc(I)ccc1NC(=O)c1ccc(-c2ccc(Cl)cc2)o1. The van der Waals surface area contributed by atoms with Crippen molar-refractivity contribution in [3.63, 3.8) is 0 Å². The van der Waals surface area contributed by atoms with Crippen LogP contribution in [0.3, 0.4) is 0 Å². The van der Waals surface area contributed by atoms with E-state index in [1.807, 2.05) is 37.3 Å². The summed E-state index contributed by atoms with van der Waals surface area (Å²) in [6.45, 7) is 1.96. The maximum atomic E-state index is 12.3. The normalized spacial score (nSPS) is 10.6. The molecule has 0 aliphatic rings. The van der Waals surface area contributed by atoms with Gasteiger partial charge in [-0.05, 0) is 89.7 Å². The van der Waals surface area contributed by atoms with Gasteiger partial charge in [0.05, 0.1) is 0 Å². The van der Waals surface area contributed by atoms with Crippen LogP contribution in [-0.4, -0.2) is 5.91 Å². The molecule has 3 rings (SSSR count). The molecule has 23 heavy (non-hydrogen) atoms. The highest BCUT2D eigenvalue weighted by atomic mass is 127. The monoisotopic (exact) mass is 437 g/mol. The van der Waals surface area contributed by atoms with Gasteiger partial charge in [0.1, 0.15) is 5.76 Å². The third-order valence-corrected chi connectivity index (χ3v) is 4.32. The largest absolute Gasteiger partial charge is 0.451 e. The molecule has 0 spiro atoms. The van der Waals surface area contributed by atoms with Crippen LogP contribution in [0.1, 0.15) is 16.1 Å². The predicted molar refractivity (Wildman–Crippen MR) is 101 cm³/mol.